The van der Waals surface area contributed by atoms with Gasteiger partial charge in [-0.15, -0.1) is 0 Å². The van der Waals surface area contributed by atoms with Gasteiger partial charge in [0.2, 0.25) is 0 Å². The highest BCUT2D eigenvalue weighted by atomic mass is 15.1. The molecular formula is C84H57N5. The van der Waals surface area contributed by atoms with Gasteiger partial charge in [-0.1, -0.05) is 250 Å². The van der Waals surface area contributed by atoms with Gasteiger partial charge in [-0.05, 0) is 149 Å². The molecule has 0 bridgehead atoms. The smallest absolute Gasteiger partial charge is 0.160 e. The van der Waals surface area contributed by atoms with E-state index in [1.807, 2.05) is 24.4 Å². The first-order valence-electron chi connectivity index (χ1n) is 30.6. The van der Waals surface area contributed by atoms with Gasteiger partial charge < -0.3 is 4.90 Å². The second kappa shape index (κ2) is 20.9. The van der Waals surface area contributed by atoms with Crippen LogP contribution in [-0.4, -0.2) is 19.5 Å². The first kappa shape index (κ1) is 51.9. The van der Waals surface area contributed by atoms with E-state index in [-0.39, 0.29) is 0 Å². The zero-order chi connectivity index (χ0) is 59.2. The first-order valence-corrected chi connectivity index (χ1v) is 30.6. The fourth-order valence-electron chi connectivity index (χ4n) is 14.3. The van der Waals surface area contributed by atoms with Crippen molar-refractivity contribution in [2.24, 2.45) is 0 Å². The average molecular weight is 1140 g/mol. The zero-order valence-corrected chi connectivity index (χ0v) is 49.2. The van der Waals surface area contributed by atoms with Gasteiger partial charge >= 0.3 is 0 Å². The molecule has 1 aliphatic rings. The molecule has 0 fully saturated rings. The Bertz CT molecular complexity index is 5380. The van der Waals surface area contributed by atoms with E-state index in [4.69, 9.17) is 15.0 Å². The van der Waals surface area contributed by atoms with Crippen LogP contribution in [0, 0.1) is 0 Å². The van der Waals surface area contributed by atoms with E-state index >= 15 is 0 Å². The molecule has 418 valence electrons. The molecule has 0 unspecified atom stereocenters. The van der Waals surface area contributed by atoms with E-state index < -0.39 is 5.41 Å². The zero-order valence-electron chi connectivity index (χ0n) is 49.2. The van der Waals surface area contributed by atoms with Crippen molar-refractivity contribution in [2.45, 2.75) is 19.3 Å². The molecule has 3 heterocycles. The third kappa shape index (κ3) is 8.57. The number of rotatable bonds is 10. The SMILES string of the molecule is CC1(C)c2cc3c4ccccc4c4ccccc4c3cc2-c2ccc3c4cc(N(c5ccc(-c6ccccc6)cc5)c5ccccc5-c5ccccc5-c5ccccc5)ccc4n(-c4cc(-c5nc(-c6ccccc6)cc(-c6ccccc6)n5)ccn4)c3c21. The van der Waals surface area contributed by atoms with Gasteiger partial charge in [-0.2, -0.15) is 0 Å². The monoisotopic (exact) mass is 1140 g/mol. The number of anilines is 3. The Morgan fingerprint density at radius 3 is 1.48 bits per heavy atom. The number of benzene rings is 13. The van der Waals surface area contributed by atoms with Gasteiger partial charge in [0.1, 0.15) is 5.82 Å². The second-order valence-corrected chi connectivity index (χ2v) is 23.9. The highest BCUT2D eigenvalue weighted by Crippen LogP contribution is 2.56. The molecule has 3 aromatic heterocycles. The number of nitrogens with zero attached hydrogens (tertiary/aromatic N) is 5. The van der Waals surface area contributed by atoms with E-state index in [0.717, 1.165) is 89.5 Å². The van der Waals surface area contributed by atoms with Crippen LogP contribution in [0.1, 0.15) is 25.0 Å². The average Bonchev–Trinajstić information content (AvgIpc) is 1.55. The predicted molar refractivity (Wildman–Crippen MR) is 372 cm³/mol. The van der Waals surface area contributed by atoms with Gasteiger partial charge in [0.15, 0.2) is 5.82 Å². The van der Waals surface area contributed by atoms with Crippen LogP contribution in [-0.2, 0) is 5.41 Å². The van der Waals surface area contributed by atoms with Gasteiger partial charge in [-0.25, -0.2) is 15.0 Å². The van der Waals surface area contributed by atoms with E-state index in [9.17, 15) is 0 Å². The maximum atomic E-state index is 5.37. The third-order valence-corrected chi connectivity index (χ3v) is 18.4. The Labute approximate surface area is 516 Å². The maximum Gasteiger partial charge on any atom is 0.160 e. The van der Waals surface area contributed by atoms with Crippen molar-refractivity contribution in [1.29, 1.82) is 0 Å². The minimum atomic E-state index is -0.437. The summed E-state index contributed by atoms with van der Waals surface area (Å²) < 4.78 is 2.43. The highest BCUT2D eigenvalue weighted by Gasteiger charge is 2.40. The maximum absolute atomic E-state index is 5.37. The summed E-state index contributed by atoms with van der Waals surface area (Å²) in [6.07, 6.45) is 1.93. The molecule has 0 spiro atoms. The molecule has 5 heteroatoms. The molecule has 0 N–H and O–H groups in total. The number of fused-ring (bicyclic) bond motifs is 13. The minimum absolute atomic E-state index is 0.437. The van der Waals surface area contributed by atoms with Gasteiger partial charge in [0.05, 0.1) is 28.1 Å². The highest BCUT2D eigenvalue weighted by molar-refractivity contribution is 6.26. The molecule has 17 rings (SSSR count). The Morgan fingerprint density at radius 2 is 0.843 bits per heavy atom. The summed E-state index contributed by atoms with van der Waals surface area (Å²) in [5.41, 5.74) is 21.5. The molecule has 0 saturated heterocycles. The van der Waals surface area contributed by atoms with Crippen LogP contribution in [0.5, 0.6) is 0 Å². The normalized spacial score (nSPS) is 12.5. The van der Waals surface area contributed by atoms with Gasteiger partial charge in [-0.3, -0.25) is 4.57 Å². The largest absolute Gasteiger partial charge is 0.310 e. The molecule has 0 aliphatic heterocycles. The molecule has 0 atom stereocenters. The van der Waals surface area contributed by atoms with Crippen LogP contribution >= 0.6 is 0 Å². The lowest BCUT2D eigenvalue weighted by molar-refractivity contribution is 0.664. The van der Waals surface area contributed by atoms with Crippen LogP contribution in [0.15, 0.2) is 310 Å². The fraction of sp³-hybridized carbons (Fsp3) is 0.0357. The summed E-state index contributed by atoms with van der Waals surface area (Å²) in [6.45, 7) is 4.84. The molecule has 0 amide bonds. The lowest BCUT2D eigenvalue weighted by Gasteiger charge is -2.29. The molecule has 5 nitrogen and oxygen atoms in total. The van der Waals surface area contributed by atoms with Crippen molar-refractivity contribution in [3.8, 4) is 84.2 Å². The van der Waals surface area contributed by atoms with Crippen molar-refractivity contribution in [2.75, 3.05) is 4.90 Å². The summed E-state index contributed by atoms with van der Waals surface area (Å²) in [5.74, 6) is 1.41. The lowest BCUT2D eigenvalue weighted by Crippen LogP contribution is -2.17. The van der Waals surface area contributed by atoms with Crippen LogP contribution < -0.4 is 4.90 Å². The van der Waals surface area contributed by atoms with Crippen molar-refractivity contribution in [3.63, 3.8) is 0 Å². The first-order chi connectivity index (χ1) is 43.9. The lowest BCUT2D eigenvalue weighted by atomic mass is 9.80. The Morgan fingerprint density at radius 1 is 0.326 bits per heavy atom. The number of para-hydroxylation sites is 1. The van der Waals surface area contributed by atoms with Gasteiger partial charge in [0, 0.05) is 56.0 Å². The van der Waals surface area contributed by atoms with Crippen molar-refractivity contribution < 1.29 is 0 Å². The van der Waals surface area contributed by atoms with Crippen LogP contribution in [0.25, 0.3) is 138 Å². The summed E-state index contributed by atoms with van der Waals surface area (Å²) in [7, 11) is 0. The predicted octanol–water partition coefficient (Wildman–Crippen LogP) is 22.2. The number of hydrogen-bond acceptors (Lipinski definition) is 4. The van der Waals surface area contributed by atoms with Crippen LogP contribution in [0.2, 0.25) is 0 Å². The summed E-state index contributed by atoms with van der Waals surface area (Å²) in [6, 6.07) is 110. The van der Waals surface area contributed by atoms with E-state index in [0.29, 0.717) is 5.82 Å². The van der Waals surface area contributed by atoms with E-state index in [1.165, 1.54) is 71.3 Å². The number of pyridine rings is 1. The van der Waals surface area contributed by atoms with E-state index in [1.54, 1.807) is 0 Å². The molecule has 13 aromatic carbocycles. The number of hydrogen-bond donors (Lipinski definition) is 0. The molecule has 0 radical (unpaired) electrons. The summed E-state index contributed by atoms with van der Waals surface area (Å²) in [4.78, 5) is 18.5. The van der Waals surface area contributed by atoms with Crippen molar-refractivity contribution in [3.05, 3.63) is 321 Å². The summed E-state index contributed by atoms with van der Waals surface area (Å²) >= 11 is 0. The molecular weight excluding hydrogens is 1080 g/mol. The van der Waals surface area contributed by atoms with Crippen molar-refractivity contribution in [1.82, 2.24) is 19.5 Å². The van der Waals surface area contributed by atoms with Crippen molar-refractivity contribution >= 4 is 71.2 Å². The quantitative estimate of drug-likeness (QED) is 0.128. The standard InChI is InChI=1S/C84H57N5/c1-84(2)75-52-72-67-36-20-18-34-65(67)64-33-17-19-35-66(64)71(72)51-73(75)69-44-45-70-74-50-61(88(60-41-39-55(40-42-60)54-23-7-3-8-24-54)78-38-22-21-37-68(78)63-32-16-15-31-62(63)56-25-9-4-10-26-56)43-46-79(74)89(82(70)81(69)84)80-49-59(47-48-85-80)83-86-76(57-27-11-5-12-28-57)53-77(87-83)58-29-13-6-14-30-58/h3-53H,1-2H3. The third-order valence-electron chi connectivity index (χ3n) is 18.4. The summed E-state index contributed by atoms with van der Waals surface area (Å²) in [5, 5.41) is 9.85. The topological polar surface area (TPSA) is 46.8 Å². The van der Waals surface area contributed by atoms with Crippen LogP contribution in [0.4, 0.5) is 17.1 Å². The minimum Gasteiger partial charge on any atom is -0.310 e. The van der Waals surface area contributed by atoms with Gasteiger partial charge in [0.25, 0.3) is 0 Å². The fourth-order valence-corrected chi connectivity index (χ4v) is 14.3. The van der Waals surface area contributed by atoms with Crippen LogP contribution in [0.3, 0.4) is 0 Å². The number of aromatic nitrogens is 4. The second-order valence-electron chi connectivity index (χ2n) is 23.9. The Hall–Kier alpha value is -11.5. The molecule has 0 saturated carbocycles. The Balaban J connectivity index is 0.921. The molecule has 89 heavy (non-hydrogen) atoms. The van der Waals surface area contributed by atoms with E-state index in [2.05, 4.69) is 308 Å². The molecule has 16 aromatic rings. The Kier molecular flexibility index (Phi) is 12.2. The molecule has 1 aliphatic carbocycles.